The second-order valence-corrected chi connectivity index (χ2v) is 5.89. The Morgan fingerprint density at radius 2 is 1.30 bits per heavy atom. The molecule has 0 atom stereocenters. The summed E-state index contributed by atoms with van der Waals surface area (Å²) in [6.45, 7) is 2.25. The number of nitrogens with zero attached hydrogens (tertiary/aromatic N) is 1. The Morgan fingerprint density at radius 3 is 1.91 bits per heavy atom. The monoisotopic (exact) mass is 309 g/mol. The molecular weight excluding hydrogens is 286 g/mol. The van der Waals surface area contributed by atoms with Crippen LogP contribution in [0.4, 0.5) is 21.9 Å². The van der Waals surface area contributed by atoms with Crippen LogP contribution in [0.5, 0.6) is 0 Å². The number of benzene rings is 2. The van der Waals surface area contributed by atoms with Crippen LogP contribution in [0.15, 0.2) is 54.6 Å². The van der Waals surface area contributed by atoms with Crippen LogP contribution < -0.4 is 15.5 Å². The second kappa shape index (κ2) is 7.68. The van der Waals surface area contributed by atoms with Gasteiger partial charge in [-0.3, -0.25) is 0 Å². The third kappa shape index (κ3) is 4.49. The summed E-state index contributed by atoms with van der Waals surface area (Å²) in [5.41, 5.74) is 2.82. The molecule has 0 aromatic heterocycles. The van der Waals surface area contributed by atoms with E-state index in [1.54, 1.807) is 0 Å². The van der Waals surface area contributed by atoms with Crippen LogP contribution in [0.25, 0.3) is 0 Å². The lowest BCUT2D eigenvalue weighted by Gasteiger charge is -2.22. The minimum atomic E-state index is -0.223. The molecule has 120 valence electrons. The van der Waals surface area contributed by atoms with Gasteiger partial charge >= 0.3 is 6.03 Å². The van der Waals surface area contributed by atoms with Crippen molar-refractivity contribution in [2.75, 3.05) is 28.6 Å². The first-order chi connectivity index (χ1) is 11.3. The zero-order valence-electron chi connectivity index (χ0n) is 13.3. The zero-order valence-corrected chi connectivity index (χ0v) is 13.3. The molecule has 2 aromatic carbocycles. The second-order valence-electron chi connectivity index (χ2n) is 5.89. The molecule has 1 saturated heterocycles. The van der Waals surface area contributed by atoms with Crippen LogP contribution in [-0.4, -0.2) is 19.1 Å². The topological polar surface area (TPSA) is 44.4 Å². The third-order valence-corrected chi connectivity index (χ3v) is 4.13. The van der Waals surface area contributed by atoms with Crippen molar-refractivity contribution >= 4 is 23.1 Å². The summed E-state index contributed by atoms with van der Waals surface area (Å²) in [4.78, 5) is 14.4. The third-order valence-electron chi connectivity index (χ3n) is 4.13. The van der Waals surface area contributed by atoms with Crippen LogP contribution in [0.2, 0.25) is 0 Å². The summed E-state index contributed by atoms with van der Waals surface area (Å²) in [5, 5.41) is 5.68. The molecule has 2 amide bonds. The summed E-state index contributed by atoms with van der Waals surface area (Å²) in [6, 6.07) is 17.3. The van der Waals surface area contributed by atoms with E-state index in [0.29, 0.717) is 0 Å². The number of carbonyl (C=O) groups is 1. The molecular formula is C19H23N3O. The largest absolute Gasteiger partial charge is 0.372 e. The molecule has 3 rings (SSSR count). The summed E-state index contributed by atoms with van der Waals surface area (Å²) >= 11 is 0. The molecule has 1 fully saturated rings. The smallest absolute Gasteiger partial charge is 0.323 e. The fraction of sp³-hybridized carbons (Fsp3) is 0.316. The highest BCUT2D eigenvalue weighted by Crippen LogP contribution is 2.21. The first kappa shape index (κ1) is 15.4. The van der Waals surface area contributed by atoms with Gasteiger partial charge in [0.25, 0.3) is 0 Å². The van der Waals surface area contributed by atoms with Gasteiger partial charge < -0.3 is 15.5 Å². The molecule has 4 nitrogen and oxygen atoms in total. The quantitative estimate of drug-likeness (QED) is 0.862. The minimum Gasteiger partial charge on any atom is -0.372 e. The van der Waals surface area contributed by atoms with E-state index in [0.717, 1.165) is 24.5 Å². The Kier molecular flexibility index (Phi) is 5.14. The van der Waals surface area contributed by atoms with E-state index in [1.807, 2.05) is 42.5 Å². The maximum atomic E-state index is 12.0. The van der Waals surface area contributed by atoms with Crippen LogP contribution in [0.3, 0.4) is 0 Å². The highest BCUT2D eigenvalue weighted by atomic mass is 16.2. The Balaban J connectivity index is 1.57. The van der Waals surface area contributed by atoms with E-state index in [-0.39, 0.29) is 6.03 Å². The van der Waals surface area contributed by atoms with Gasteiger partial charge in [-0.2, -0.15) is 0 Å². The predicted octanol–water partition coefficient (Wildman–Crippen LogP) is 4.71. The molecule has 2 aromatic rings. The molecule has 0 saturated carbocycles. The normalized spacial score (nSPS) is 14.9. The first-order valence-corrected chi connectivity index (χ1v) is 8.29. The number of hydrogen-bond donors (Lipinski definition) is 2. The average Bonchev–Trinajstić information content (AvgIpc) is 2.86. The molecule has 0 unspecified atom stereocenters. The van der Waals surface area contributed by atoms with Crippen molar-refractivity contribution in [3.8, 4) is 0 Å². The molecule has 4 heteroatoms. The molecule has 1 heterocycles. The summed E-state index contributed by atoms with van der Waals surface area (Å²) in [5.74, 6) is 0. The van der Waals surface area contributed by atoms with Crippen LogP contribution in [-0.2, 0) is 0 Å². The number of rotatable bonds is 3. The molecule has 2 N–H and O–H groups in total. The standard InChI is InChI=1S/C19H23N3O/c23-19(20-16-8-4-3-5-9-16)21-17-10-12-18(13-11-17)22-14-6-1-2-7-15-22/h3-5,8-13H,1-2,6-7,14-15H2,(H2,20,21,23). The Bertz CT molecular complexity index is 617. The lowest BCUT2D eigenvalue weighted by Crippen LogP contribution is -2.24. The van der Waals surface area contributed by atoms with Gasteiger partial charge in [-0.05, 0) is 49.2 Å². The number of hydrogen-bond acceptors (Lipinski definition) is 2. The first-order valence-electron chi connectivity index (χ1n) is 8.29. The molecule has 0 radical (unpaired) electrons. The maximum Gasteiger partial charge on any atom is 0.323 e. The lowest BCUT2D eigenvalue weighted by molar-refractivity contribution is 0.262. The maximum absolute atomic E-state index is 12.0. The van der Waals surface area contributed by atoms with Crippen molar-refractivity contribution in [3.05, 3.63) is 54.6 Å². The molecule has 0 spiro atoms. The number of nitrogens with one attached hydrogen (secondary N) is 2. The molecule has 1 aliphatic rings. The average molecular weight is 309 g/mol. The number of amides is 2. The van der Waals surface area contributed by atoms with Gasteiger partial charge in [0.2, 0.25) is 0 Å². The molecule has 0 bridgehead atoms. The van der Waals surface area contributed by atoms with Crippen molar-refractivity contribution in [2.45, 2.75) is 25.7 Å². The summed E-state index contributed by atoms with van der Waals surface area (Å²) in [7, 11) is 0. The SMILES string of the molecule is O=C(Nc1ccccc1)Nc1ccc(N2CCCCCC2)cc1. The Hall–Kier alpha value is -2.49. The predicted molar refractivity (Wildman–Crippen MR) is 96.2 cm³/mol. The fourth-order valence-corrected chi connectivity index (χ4v) is 2.90. The molecule has 23 heavy (non-hydrogen) atoms. The van der Waals surface area contributed by atoms with E-state index in [2.05, 4.69) is 27.7 Å². The van der Waals surface area contributed by atoms with Crippen molar-refractivity contribution in [3.63, 3.8) is 0 Å². The lowest BCUT2D eigenvalue weighted by atomic mass is 10.2. The minimum absolute atomic E-state index is 0.223. The van der Waals surface area contributed by atoms with Gasteiger partial charge in [0.15, 0.2) is 0 Å². The van der Waals surface area contributed by atoms with Crippen molar-refractivity contribution < 1.29 is 4.79 Å². The van der Waals surface area contributed by atoms with E-state index in [1.165, 1.54) is 31.4 Å². The number of urea groups is 1. The number of anilines is 3. The van der Waals surface area contributed by atoms with Crippen molar-refractivity contribution in [1.82, 2.24) is 0 Å². The van der Waals surface area contributed by atoms with Gasteiger partial charge in [-0.1, -0.05) is 31.0 Å². The Morgan fingerprint density at radius 1 is 0.739 bits per heavy atom. The molecule has 0 aliphatic carbocycles. The highest BCUT2D eigenvalue weighted by Gasteiger charge is 2.10. The summed E-state index contributed by atoms with van der Waals surface area (Å²) in [6.07, 6.45) is 5.19. The fourth-order valence-electron chi connectivity index (χ4n) is 2.90. The van der Waals surface area contributed by atoms with E-state index < -0.39 is 0 Å². The zero-order chi connectivity index (χ0) is 15.9. The van der Waals surface area contributed by atoms with E-state index in [4.69, 9.17) is 0 Å². The van der Waals surface area contributed by atoms with Gasteiger partial charge in [-0.15, -0.1) is 0 Å². The van der Waals surface area contributed by atoms with Crippen LogP contribution in [0.1, 0.15) is 25.7 Å². The summed E-state index contributed by atoms with van der Waals surface area (Å²) < 4.78 is 0. The number of carbonyl (C=O) groups excluding carboxylic acids is 1. The van der Waals surface area contributed by atoms with E-state index in [9.17, 15) is 4.79 Å². The van der Waals surface area contributed by atoms with E-state index >= 15 is 0 Å². The Labute approximate surface area is 137 Å². The van der Waals surface area contributed by atoms with Gasteiger partial charge in [0.1, 0.15) is 0 Å². The number of para-hydroxylation sites is 1. The van der Waals surface area contributed by atoms with Crippen molar-refractivity contribution in [1.29, 1.82) is 0 Å². The van der Waals surface area contributed by atoms with Crippen LogP contribution in [0, 0.1) is 0 Å². The highest BCUT2D eigenvalue weighted by molar-refractivity contribution is 5.99. The van der Waals surface area contributed by atoms with Crippen LogP contribution >= 0.6 is 0 Å². The molecule has 1 aliphatic heterocycles. The van der Waals surface area contributed by atoms with Gasteiger partial charge in [-0.25, -0.2) is 4.79 Å². The van der Waals surface area contributed by atoms with Crippen molar-refractivity contribution in [2.24, 2.45) is 0 Å². The van der Waals surface area contributed by atoms with Gasteiger partial charge in [0, 0.05) is 30.2 Å². The van der Waals surface area contributed by atoms with Gasteiger partial charge in [0.05, 0.1) is 0 Å².